The Labute approximate surface area is 173 Å². The molecule has 0 aliphatic heterocycles. The number of benzene rings is 1. The third kappa shape index (κ3) is 3.79. The maximum absolute atomic E-state index is 14.6. The summed E-state index contributed by atoms with van der Waals surface area (Å²) >= 11 is 6.22. The molecule has 1 unspecified atom stereocenters. The fourth-order valence-electron chi connectivity index (χ4n) is 3.02. The summed E-state index contributed by atoms with van der Waals surface area (Å²) in [6.45, 7) is -0.934. The van der Waals surface area contributed by atoms with E-state index in [9.17, 15) is 23.1 Å². The summed E-state index contributed by atoms with van der Waals surface area (Å²) < 4.78 is 41.6. The van der Waals surface area contributed by atoms with E-state index in [4.69, 9.17) is 17.3 Å². The highest BCUT2D eigenvalue weighted by Crippen LogP contribution is 2.71. The van der Waals surface area contributed by atoms with Gasteiger partial charge in [0.15, 0.2) is 5.17 Å². The molecule has 0 spiro atoms. The van der Waals surface area contributed by atoms with Crippen molar-refractivity contribution in [2.75, 3.05) is 19.0 Å². The molecule has 29 heavy (non-hydrogen) atoms. The van der Waals surface area contributed by atoms with Crippen molar-refractivity contribution >= 4 is 40.1 Å². The van der Waals surface area contributed by atoms with Gasteiger partial charge in [-0.1, -0.05) is 23.4 Å². The highest BCUT2D eigenvalue weighted by molar-refractivity contribution is 8.15. The molecule has 1 aliphatic carbocycles. The molecule has 0 bridgehead atoms. The van der Waals surface area contributed by atoms with E-state index in [1.54, 1.807) is 0 Å². The van der Waals surface area contributed by atoms with Crippen molar-refractivity contribution in [3.05, 3.63) is 58.6 Å². The molecule has 0 saturated heterocycles. The summed E-state index contributed by atoms with van der Waals surface area (Å²) in [4.78, 5) is 19.7. The number of rotatable bonds is 5. The maximum Gasteiger partial charge on any atom is 0.274 e. The zero-order valence-corrected chi connectivity index (χ0v) is 16.6. The smallest absolute Gasteiger partial charge is 0.274 e. The van der Waals surface area contributed by atoms with E-state index in [0.717, 1.165) is 12.1 Å². The van der Waals surface area contributed by atoms with Gasteiger partial charge in [-0.15, -0.1) is 0 Å². The number of nitrogens with two attached hydrogens (primary N) is 1. The Balaban J connectivity index is 1.89. The van der Waals surface area contributed by atoms with Crippen LogP contribution in [-0.4, -0.2) is 45.5 Å². The van der Waals surface area contributed by atoms with Gasteiger partial charge in [-0.05, 0) is 30.3 Å². The van der Waals surface area contributed by atoms with Gasteiger partial charge in [0.05, 0.1) is 17.5 Å². The van der Waals surface area contributed by atoms with Crippen LogP contribution in [0.2, 0.25) is 5.02 Å². The van der Waals surface area contributed by atoms with Crippen molar-refractivity contribution in [1.29, 1.82) is 0 Å². The number of nitrogens with one attached hydrogen (secondary N) is 1. The van der Waals surface area contributed by atoms with E-state index in [0.29, 0.717) is 16.8 Å². The second kappa shape index (κ2) is 7.85. The number of aliphatic hydroxyl groups is 1. The number of pyridine rings is 1. The molecule has 2 atom stereocenters. The number of anilines is 1. The number of carbonyl (C=O) groups is 1. The third-order valence-electron chi connectivity index (χ3n) is 4.58. The summed E-state index contributed by atoms with van der Waals surface area (Å²) in [5.41, 5.74) is 5.34. The molecule has 154 valence electrons. The van der Waals surface area contributed by atoms with E-state index < -0.39 is 34.9 Å². The number of thioether (sulfide) groups is 1. The number of aromatic nitrogens is 1. The van der Waals surface area contributed by atoms with E-state index in [1.807, 2.05) is 0 Å². The largest absolute Gasteiger partial charge is 0.395 e. The number of amidine groups is 1. The normalized spacial score (nSPS) is 23.0. The zero-order chi connectivity index (χ0) is 21.4. The van der Waals surface area contributed by atoms with Crippen LogP contribution in [0.25, 0.3) is 0 Å². The van der Waals surface area contributed by atoms with Crippen LogP contribution in [0.1, 0.15) is 22.0 Å². The molecule has 4 N–H and O–H groups in total. The molecule has 1 heterocycles. The van der Waals surface area contributed by atoms with Crippen LogP contribution in [0.15, 0.2) is 41.5 Å². The Bertz CT molecular complexity index is 974. The molecule has 11 heteroatoms. The second-order valence-corrected chi connectivity index (χ2v) is 8.11. The first-order valence-electron chi connectivity index (χ1n) is 8.28. The zero-order valence-electron chi connectivity index (χ0n) is 15.0. The van der Waals surface area contributed by atoms with Crippen LogP contribution in [0.5, 0.6) is 0 Å². The van der Waals surface area contributed by atoms with Gasteiger partial charge in [-0.3, -0.25) is 9.79 Å². The summed E-state index contributed by atoms with van der Waals surface area (Å²) in [6, 6.07) is 6.18. The van der Waals surface area contributed by atoms with Crippen molar-refractivity contribution in [3.8, 4) is 0 Å². The number of aliphatic hydroxyl groups excluding tert-OH is 1. The van der Waals surface area contributed by atoms with Crippen molar-refractivity contribution in [1.82, 2.24) is 4.98 Å². The van der Waals surface area contributed by atoms with E-state index >= 15 is 0 Å². The lowest BCUT2D eigenvalue weighted by atomic mass is 10.1. The Kier molecular flexibility index (Phi) is 5.79. The first-order chi connectivity index (χ1) is 13.7. The van der Waals surface area contributed by atoms with Crippen LogP contribution in [0.4, 0.5) is 18.9 Å². The van der Waals surface area contributed by atoms with Gasteiger partial charge in [0, 0.05) is 24.5 Å². The van der Waals surface area contributed by atoms with Crippen LogP contribution in [0, 0.1) is 5.82 Å². The molecule has 1 amide bonds. The predicted molar refractivity (Wildman–Crippen MR) is 106 cm³/mol. The summed E-state index contributed by atoms with van der Waals surface area (Å²) in [7, 11) is 1.32. The standard InChI is InChI=1S/C18H16ClF3N4O2S/c1-24-16(23)29-17(8-27)14(18(17,21)22)11-6-10(3-4-12(11)20)26-15(28)13-5-2-9(19)7-25-13/h2-7,14,27H,8H2,1H3,(H2,23,24)(H,26,28)/t14?,17-/m1/s1. The number of halogens is 4. The summed E-state index contributed by atoms with van der Waals surface area (Å²) in [5.74, 6) is -6.58. The molecule has 0 radical (unpaired) electrons. The summed E-state index contributed by atoms with van der Waals surface area (Å²) in [5, 5.41) is 12.3. The Hall–Kier alpha value is -2.30. The maximum atomic E-state index is 14.6. The lowest BCUT2D eigenvalue weighted by Gasteiger charge is -2.13. The molecule has 2 aromatic rings. The molecule has 1 aromatic carbocycles. The molecule has 3 rings (SSSR count). The Morgan fingerprint density at radius 2 is 2.14 bits per heavy atom. The van der Waals surface area contributed by atoms with Gasteiger partial charge >= 0.3 is 0 Å². The number of carbonyl (C=O) groups excluding carboxylic acids is 1. The molecule has 1 fully saturated rings. The topological polar surface area (TPSA) is 101 Å². The number of hydrogen-bond donors (Lipinski definition) is 3. The average molecular weight is 445 g/mol. The number of alkyl halides is 2. The Morgan fingerprint density at radius 1 is 1.41 bits per heavy atom. The van der Waals surface area contributed by atoms with Crippen molar-refractivity contribution < 1.29 is 23.1 Å². The molecular weight excluding hydrogens is 429 g/mol. The van der Waals surface area contributed by atoms with Gasteiger partial charge in [0.25, 0.3) is 11.8 Å². The first-order valence-corrected chi connectivity index (χ1v) is 9.48. The van der Waals surface area contributed by atoms with Gasteiger partial charge in [0.1, 0.15) is 16.3 Å². The highest BCUT2D eigenvalue weighted by Gasteiger charge is 2.82. The molecular formula is C18H16ClF3N4O2S. The van der Waals surface area contributed by atoms with Gasteiger partial charge in [-0.25, -0.2) is 18.2 Å². The summed E-state index contributed by atoms with van der Waals surface area (Å²) in [6.07, 6.45) is 1.28. The molecule has 1 aromatic heterocycles. The van der Waals surface area contributed by atoms with Crippen LogP contribution in [0.3, 0.4) is 0 Å². The van der Waals surface area contributed by atoms with Crippen molar-refractivity contribution in [3.63, 3.8) is 0 Å². The lowest BCUT2D eigenvalue weighted by molar-refractivity contribution is 0.0871. The minimum Gasteiger partial charge on any atom is -0.395 e. The number of hydrogen-bond acceptors (Lipinski definition) is 5. The Morgan fingerprint density at radius 3 is 2.72 bits per heavy atom. The molecule has 1 aliphatic rings. The van der Waals surface area contributed by atoms with Gasteiger partial charge in [0.2, 0.25) is 0 Å². The fraction of sp³-hybridized carbons (Fsp3) is 0.278. The minimum atomic E-state index is -3.43. The lowest BCUT2D eigenvalue weighted by Crippen LogP contribution is -2.25. The van der Waals surface area contributed by atoms with Crippen LogP contribution >= 0.6 is 23.4 Å². The van der Waals surface area contributed by atoms with Crippen molar-refractivity contribution in [2.24, 2.45) is 10.7 Å². The van der Waals surface area contributed by atoms with E-state index in [1.165, 1.54) is 31.4 Å². The average Bonchev–Trinajstić information content (AvgIpc) is 3.17. The number of aliphatic imine (C=N–C) groups is 1. The monoisotopic (exact) mass is 444 g/mol. The molecule has 1 saturated carbocycles. The van der Waals surface area contributed by atoms with Gasteiger partial charge in [-0.2, -0.15) is 0 Å². The van der Waals surface area contributed by atoms with Gasteiger partial charge < -0.3 is 16.2 Å². The predicted octanol–water partition coefficient (Wildman–Crippen LogP) is 3.27. The van der Waals surface area contributed by atoms with E-state index in [2.05, 4.69) is 15.3 Å². The number of nitrogens with zero attached hydrogens (tertiary/aromatic N) is 2. The van der Waals surface area contributed by atoms with E-state index in [-0.39, 0.29) is 22.1 Å². The van der Waals surface area contributed by atoms with Crippen LogP contribution in [-0.2, 0) is 0 Å². The molecule has 6 nitrogen and oxygen atoms in total. The number of amides is 1. The quantitative estimate of drug-likeness (QED) is 0.485. The highest BCUT2D eigenvalue weighted by atomic mass is 35.5. The van der Waals surface area contributed by atoms with Crippen LogP contribution < -0.4 is 11.1 Å². The van der Waals surface area contributed by atoms with Crippen molar-refractivity contribution in [2.45, 2.75) is 16.6 Å². The fourth-order valence-corrected chi connectivity index (χ4v) is 4.24. The SMILES string of the molecule is CN=C(N)S[C@]1(CO)C(c2cc(NC(=O)c3ccc(Cl)cn3)ccc2F)C1(F)F. The first kappa shape index (κ1) is 21.4. The second-order valence-electron chi connectivity index (χ2n) is 6.32. The third-order valence-corrected chi connectivity index (χ3v) is 6.19. The minimum absolute atomic E-state index is 0.0456.